The number of nitrogens with zero attached hydrogens (tertiary/aromatic N) is 4. The number of benzene rings is 1. The molecule has 0 N–H and O–H groups in total. The van der Waals surface area contributed by atoms with E-state index in [-0.39, 0.29) is 0 Å². The Morgan fingerprint density at radius 1 is 1.00 bits per heavy atom. The van der Waals surface area contributed by atoms with Crippen molar-refractivity contribution >= 4 is 5.95 Å². The van der Waals surface area contributed by atoms with Crippen molar-refractivity contribution in [3.05, 3.63) is 48.3 Å². The second kappa shape index (κ2) is 8.64. The highest BCUT2D eigenvalue weighted by atomic mass is 16.5. The summed E-state index contributed by atoms with van der Waals surface area (Å²) in [6, 6.07) is 10.4. The van der Waals surface area contributed by atoms with Gasteiger partial charge in [-0.3, -0.25) is 4.90 Å². The SMILES string of the molecule is CCCCOc1ccc(CN2CCN(c3ncccn3)CC2)cc1. The number of rotatable bonds is 7. The molecule has 2 aromatic rings. The first-order valence-electron chi connectivity index (χ1n) is 8.81. The fourth-order valence-electron chi connectivity index (χ4n) is 2.84. The van der Waals surface area contributed by atoms with Crippen molar-refractivity contribution < 1.29 is 4.74 Å². The summed E-state index contributed by atoms with van der Waals surface area (Å²) in [4.78, 5) is 13.4. The monoisotopic (exact) mass is 326 g/mol. The van der Waals surface area contributed by atoms with E-state index in [1.165, 1.54) is 5.56 Å². The molecule has 0 atom stereocenters. The molecule has 3 rings (SSSR count). The summed E-state index contributed by atoms with van der Waals surface area (Å²) >= 11 is 0. The van der Waals surface area contributed by atoms with Crippen LogP contribution in [0.25, 0.3) is 0 Å². The normalized spacial score (nSPS) is 15.5. The van der Waals surface area contributed by atoms with Crippen LogP contribution >= 0.6 is 0 Å². The number of unbranched alkanes of at least 4 members (excludes halogenated alkanes) is 1. The minimum absolute atomic E-state index is 0.805. The van der Waals surface area contributed by atoms with Gasteiger partial charge in [-0.2, -0.15) is 0 Å². The summed E-state index contributed by atoms with van der Waals surface area (Å²) in [5, 5.41) is 0. The van der Waals surface area contributed by atoms with Gasteiger partial charge in [0.05, 0.1) is 6.61 Å². The van der Waals surface area contributed by atoms with Crippen molar-refractivity contribution in [1.29, 1.82) is 0 Å². The maximum Gasteiger partial charge on any atom is 0.225 e. The molecular weight excluding hydrogens is 300 g/mol. The van der Waals surface area contributed by atoms with Crippen LogP contribution in [-0.2, 0) is 6.54 Å². The lowest BCUT2D eigenvalue weighted by Gasteiger charge is -2.34. The van der Waals surface area contributed by atoms with Gasteiger partial charge >= 0.3 is 0 Å². The molecule has 1 fully saturated rings. The summed E-state index contributed by atoms with van der Waals surface area (Å²) < 4.78 is 5.72. The lowest BCUT2D eigenvalue weighted by atomic mass is 10.2. The second-order valence-electron chi connectivity index (χ2n) is 6.16. The lowest BCUT2D eigenvalue weighted by Crippen LogP contribution is -2.46. The number of hydrogen-bond acceptors (Lipinski definition) is 5. The van der Waals surface area contributed by atoms with Crippen LogP contribution in [0.5, 0.6) is 5.75 Å². The van der Waals surface area contributed by atoms with Crippen molar-refractivity contribution in [3.8, 4) is 5.75 Å². The Bertz CT molecular complexity index is 595. The molecule has 1 aliphatic heterocycles. The molecule has 5 heteroatoms. The highest BCUT2D eigenvalue weighted by molar-refractivity contribution is 5.30. The standard InChI is InChI=1S/C19H26N4O/c1-2-3-15-24-18-7-5-17(6-8-18)16-22-11-13-23(14-12-22)19-20-9-4-10-21-19/h4-10H,2-3,11-16H2,1H3. The van der Waals surface area contributed by atoms with Crippen LogP contribution in [0.15, 0.2) is 42.7 Å². The summed E-state index contributed by atoms with van der Waals surface area (Å²) in [5.74, 6) is 1.81. The van der Waals surface area contributed by atoms with Crippen LogP contribution < -0.4 is 9.64 Å². The average Bonchev–Trinajstić information content (AvgIpc) is 2.65. The molecular formula is C19H26N4O. The van der Waals surface area contributed by atoms with Gasteiger partial charge in [0.15, 0.2) is 0 Å². The number of anilines is 1. The zero-order valence-electron chi connectivity index (χ0n) is 14.4. The van der Waals surface area contributed by atoms with E-state index in [9.17, 15) is 0 Å². The van der Waals surface area contributed by atoms with Gasteiger partial charge in [0.2, 0.25) is 5.95 Å². The largest absolute Gasteiger partial charge is 0.494 e. The third-order valence-electron chi connectivity index (χ3n) is 4.30. The highest BCUT2D eigenvalue weighted by Gasteiger charge is 2.18. The molecule has 0 aliphatic carbocycles. The first-order valence-corrected chi connectivity index (χ1v) is 8.81. The molecule has 0 unspecified atom stereocenters. The van der Waals surface area contributed by atoms with E-state index < -0.39 is 0 Å². The van der Waals surface area contributed by atoms with E-state index in [1.807, 2.05) is 6.07 Å². The van der Waals surface area contributed by atoms with Gasteiger partial charge in [-0.25, -0.2) is 9.97 Å². The Kier molecular flexibility index (Phi) is 6.01. The molecule has 1 aromatic heterocycles. The van der Waals surface area contributed by atoms with Crippen LogP contribution in [0.2, 0.25) is 0 Å². The Morgan fingerprint density at radius 2 is 1.71 bits per heavy atom. The van der Waals surface area contributed by atoms with Crippen molar-refractivity contribution in [3.63, 3.8) is 0 Å². The summed E-state index contributed by atoms with van der Waals surface area (Å²) in [6.07, 6.45) is 5.88. The van der Waals surface area contributed by atoms with E-state index in [1.54, 1.807) is 12.4 Å². The van der Waals surface area contributed by atoms with Gasteiger partial charge in [-0.15, -0.1) is 0 Å². The topological polar surface area (TPSA) is 41.5 Å². The Labute approximate surface area is 144 Å². The van der Waals surface area contributed by atoms with Gasteiger partial charge in [-0.05, 0) is 30.2 Å². The van der Waals surface area contributed by atoms with Gasteiger partial charge < -0.3 is 9.64 Å². The summed E-state index contributed by atoms with van der Waals surface area (Å²) in [5.41, 5.74) is 1.34. The van der Waals surface area contributed by atoms with Crippen molar-refractivity contribution in [2.75, 3.05) is 37.7 Å². The zero-order chi connectivity index (χ0) is 16.6. The quantitative estimate of drug-likeness (QED) is 0.732. The second-order valence-corrected chi connectivity index (χ2v) is 6.16. The third-order valence-corrected chi connectivity index (χ3v) is 4.30. The Balaban J connectivity index is 1.46. The molecule has 0 saturated carbocycles. The van der Waals surface area contributed by atoms with Gasteiger partial charge in [-0.1, -0.05) is 25.5 Å². The Morgan fingerprint density at radius 3 is 2.38 bits per heavy atom. The first-order chi connectivity index (χ1) is 11.8. The van der Waals surface area contributed by atoms with Crippen molar-refractivity contribution in [1.82, 2.24) is 14.9 Å². The highest BCUT2D eigenvalue weighted by Crippen LogP contribution is 2.16. The van der Waals surface area contributed by atoms with Crippen LogP contribution in [0.3, 0.4) is 0 Å². The number of hydrogen-bond donors (Lipinski definition) is 0. The van der Waals surface area contributed by atoms with Gasteiger partial charge in [0.25, 0.3) is 0 Å². The van der Waals surface area contributed by atoms with Crippen molar-refractivity contribution in [2.24, 2.45) is 0 Å². The maximum absolute atomic E-state index is 5.72. The molecule has 1 aliphatic rings. The molecule has 1 aromatic carbocycles. The molecule has 0 amide bonds. The van der Waals surface area contributed by atoms with Gasteiger partial charge in [0.1, 0.15) is 5.75 Å². The zero-order valence-corrected chi connectivity index (χ0v) is 14.4. The average molecular weight is 326 g/mol. The lowest BCUT2D eigenvalue weighted by molar-refractivity contribution is 0.248. The fraction of sp³-hybridized carbons (Fsp3) is 0.474. The Hall–Kier alpha value is -2.14. The van der Waals surface area contributed by atoms with Crippen molar-refractivity contribution in [2.45, 2.75) is 26.3 Å². The summed E-state index contributed by atoms with van der Waals surface area (Å²) in [6.45, 7) is 7.98. The van der Waals surface area contributed by atoms with E-state index in [0.29, 0.717) is 0 Å². The maximum atomic E-state index is 5.72. The van der Waals surface area contributed by atoms with Gasteiger partial charge in [0, 0.05) is 45.1 Å². The third kappa shape index (κ3) is 4.68. The van der Waals surface area contributed by atoms with Crippen LogP contribution in [-0.4, -0.2) is 47.7 Å². The van der Waals surface area contributed by atoms with Crippen LogP contribution in [0, 0.1) is 0 Å². The number of ether oxygens (including phenoxy) is 1. The molecule has 24 heavy (non-hydrogen) atoms. The van der Waals surface area contributed by atoms with E-state index in [2.05, 4.69) is 51.0 Å². The minimum Gasteiger partial charge on any atom is -0.494 e. The number of piperazine rings is 1. The fourth-order valence-corrected chi connectivity index (χ4v) is 2.84. The predicted molar refractivity (Wildman–Crippen MR) is 96.4 cm³/mol. The molecule has 0 radical (unpaired) electrons. The first kappa shape index (κ1) is 16.7. The molecule has 128 valence electrons. The smallest absolute Gasteiger partial charge is 0.225 e. The predicted octanol–water partition coefficient (Wildman–Crippen LogP) is 2.98. The van der Waals surface area contributed by atoms with E-state index in [0.717, 1.165) is 63.9 Å². The molecule has 5 nitrogen and oxygen atoms in total. The number of aromatic nitrogens is 2. The van der Waals surface area contributed by atoms with E-state index in [4.69, 9.17) is 4.74 Å². The van der Waals surface area contributed by atoms with Crippen LogP contribution in [0.4, 0.5) is 5.95 Å². The minimum atomic E-state index is 0.805. The van der Waals surface area contributed by atoms with Crippen LogP contribution in [0.1, 0.15) is 25.3 Å². The molecule has 0 bridgehead atoms. The molecule has 2 heterocycles. The summed E-state index contributed by atoms with van der Waals surface area (Å²) in [7, 11) is 0. The van der Waals surface area contributed by atoms with E-state index >= 15 is 0 Å². The molecule has 1 saturated heterocycles. The molecule has 0 spiro atoms.